The lowest BCUT2D eigenvalue weighted by atomic mass is 10.0. The van der Waals surface area contributed by atoms with Gasteiger partial charge in [-0.1, -0.05) is 30.3 Å². The molecule has 0 fully saturated rings. The van der Waals surface area contributed by atoms with Crippen LogP contribution in [0.25, 0.3) is 0 Å². The van der Waals surface area contributed by atoms with Crippen molar-refractivity contribution in [3.8, 4) is 5.75 Å². The van der Waals surface area contributed by atoms with Crippen LogP contribution in [0.5, 0.6) is 5.75 Å². The predicted octanol–water partition coefficient (Wildman–Crippen LogP) is 2.80. The monoisotopic (exact) mass is 345 g/mol. The molecule has 2 aromatic carbocycles. The molecule has 2 N–H and O–H groups in total. The van der Waals surface area contributed by atoms with Crippen LogP contribution in [-0.2, 0) is 16.0 Å². The lowest BCUT2D eigenvalue weighted by molar-refractivity contribution is -0.137. The second kappa shape index (κ2) is 9.42. The molecule has 0 heterocycles. The van der Waals surface area contributed by atoms with E-state index >= 15 is 0 Å². The fraction of sp³-hybridized carbons (Fsp3) is 0.263. The molecule has 1 atom stereocenters. The highest BCUT2D eigenvalue weighted by molar-refractivity contribution is 5.78. The smallest absolute Gasteiger partial charge is 0.303 e. The number of carbonyl (C=O) groups is 2. The first-order valence-electron chi connectivity index (χ1n) is 7.96. The maximum atomic E-state index is 12.8. The summed E-state index contributed by atoms with van der Waals surface area (Å²) in [5.41, 5.74) is 1.01. The zero-order chi connectivity index (χ0) is 18.1. The highest BCUT2D eigenvalue weighted by Crippen LogP contribution is 2.11. The third-order valence-corrected chi connectivity index (χ3v) is 3.58. The number of carbonyl (C=O) groups excluding carboxylic acids is 1. The maximum Gasteiger partial charge on any atom is 0.303 e. The molecular weight excluding hydrogens is 325 g/mol. The largest absolute Gasteiger partial charge is 0.484 e. The SMILES string of the molecule is O=C(O)CCC(Cc1ccccc1)NC(=O)COc1ccc(F)cc1. The molecule has 25 heavy (non-hydrogen) atoms. The van der Waals surface area contributed by atoms with Crippen LogP contribution in [0.4, 0.5) is 4.39 Å². The van der Waals surface area contributed by atoms with Crippen LogP contribution < -0.4 is 10.1 Å². The highest BCUT2D eigenvalue weighted by Gasteiger charge is 2.15. The summed E-state index contributed by atoms with van der Waals surface area (Å²) in [4.78, 5) is 22.9. The predicted molar refractivity (Wildman–Crippen MR) is 90.8 cm³/mol. The molecule has 6 heteroatoms. The number of hydrogen-bond donors (Lipinski definition) is 2. The van der Waals surface area contributed by atoms with Crippen LogP contribution in [0.3, 0.4) is 0 Å². The summed E-state index contributed by atoms with van der Waals surface area (Å²) in [7, 11) is 0. The van der Waals surface area contributed by atoms with Gasteiger partial charge in [-0.25, -0.2) is 4.39 Å². The molecule has 5 nitrogen and oxygen atoms in total. The molecule has 0 saturated heterocycles. The van der Waals surface area contributed by atoms with Gasteiger partial charge < -0.3 is 15.2 Å². The van der Waals surface area contributed by atoms with E-state index in [0.29, 0.717) is 18.6 Å². The fourth-order valence-corrected chi connectivity index (χ4v) is 2.37. The number of carboxylic acids is 1. The van der Waals surface area contributed by atoms with Gasteiger partial charge in [0.05, 0.1) is 0 Å². The molecule has 0 aliphatic heterocycles. The lowest BCUT2D eigenvalue weighted by Gasteiger charge is -2.18. The third kappa shape index (κ3) is 7.03. The number of nitrogens with one attached hydrogen (secondary N) is 1. The molecule has 132 valence electrons. The van der Waals surface area contributed by atoms with E-state index in [9.17, 15) is 14.0 Å². The molecule has 0 saturated carbocycles. The van der Waals surface area contributed by atoms with E-state index in [1.54, 1.807) is 0 Å². The van der Waals surface area contributed by atoms with Gasteiger partial charge in [0.2, 0.25) is 0 Å². The van der Waals surface area contributed by atoms with Crippen LogP contribution >= 0.6 is 0 Å². The van der Waals surface area contributed by atoms with Gasteiger partial charge in [0.15, 0.2) is 6.61 Å². The Morgan fingerprint density at radius 1 is 1.08 bits per heavy atom. The van der Waals surface area contributed by atoms with Crippen LogP contribution in [0, 0.1) is 5.82 Å². The summed E-state index contributed by atoms with van der Waals surface area (Å²) >= 11 is 0. The van der Waals surface area contributed by atoms with E-state index < -0.39 is 5.97 Å². The molecule has 0 aliphatic carbocycles. The molecule has 2 rings (SSSR count). The Balaban J connectivity index is 1.88. The van der Waals surface area contributed by atoms with Crippen LogP contribution in [-0.4, -0.2) is 29.6 Å². The van der Waals surface area contributed by atoms with Crippen molar-refractivity contribution >= 4 is 11.9 Å². The van der Waals surface area contributed by atoms with E-state index in [1.165, 1.54) is 24.3 Å². The first-order chi connectivity index (χ1) is 12.0. The van der Waals surface area contributed by atoms with Crippen molar-refractivity contribution in [3.63, 3.8) is 0 Å². The quantitative estimate of drug-likeness (QED) is 0.733. The number of aliphatic carboxylic acids is 1. The number of rotatable bonds is 9. The highest BCUT2D eigenvalue weighted by atomic mass is 19.1. The molecule has 1 unspecified atom stereocenters. The van der Waals surface area contributed by atoms with Gasteiger partial charge in [-0.05, 0) is 42.7 Å². The maximum absolute atomic E-state index is 12.8. The van der Waals surface area contributed by atoms with Crippen LogP contribution in [0.2, 0.25) is 0 Å². The molecule has 2 aromatic rings. The number of ether oxygens (including phenoxy) is 1. The van der Waals surface area contributed by atoms with Gasteiger partial charge in [0, 0.05) is 12.5 Å². The second-order valence-corrected chi connectivity index (χ2v) is 5.63. The third-order valence-electron chi connectivity index (χ3n) is 3.58. The summed E-state index contributed by atoms with van der Waals surface area (Å²) < 4.78 is 18.1. The topological polar surface area (TPSA) is 75.6 Å². The lowest BCUT2D eigenvalue weighted by Crippen LogP contribution is -2.39. The Labute approximate surface area is 145 Å². The van der Waals surface area contributed by atoms with Crippen molar-refractivity contribution in [1.82, 2.24) is 5.32 Å². The number of hydrogen-bond acceptors (Lipinski definition) is 3. The first kappa shape index (κ1) is 18.4. The van der Waals surface area contributed by atoms with E-state index in [2.05, 4.69) is 5.32 Å². The van der Waals surface area contributed by atoms with Gasteiger partial charge in [-0.15, -0.1) is 0 Å². The van der Waals surface area contributed by atoms with Gasteiger partial charge in [-0.2, -0.15) is 0 Å². The Hall–Kier alpha value is -2.89. The minimum atomic E-state index is -0.908. The van der Waals surface area contributed by atoms with Crippen LogP contribution in [0.1, 0.15) is 18.4 Å². The first-order valence-corrected chi connectivity index (χ1v) is 7.96. The van der Waals surface area contributed by atoms with Gasteiger partial charge in [0.25, 0.3) is 5.91 Å². The number of benzene rings is 2. The van der Waals surface area contributed by atoms with Crippen molar-refractivity contribution in [3.05, 3.63) is 66.0 Å². The van der Waals surface area contributed by atoms with Crippen LogP contribution in [0.15, 0.2) is 54.6 Å². The Bertz CT molecular complexity index is 688. The van der Waals surface area contributed by atoms with E-state index in [-0.39, 0.29) is 30.8 Å². The molecule has 1 amide bonds. The normalized spacial score (nSPS) is 11.6. The van der Waals surface area contributed by atoms with Crippen molar-refractivity contribution in [2.45, 2.75) is 25.3 Å². The average molecular weight is 345 g/mol. The zero-order valence-electron chi connectivity index (χ0n) is 13.7. The summed E-state index contributed by atoms with van der Waals surface area (Å²) in [6.45, 7) is -0.218. The van der Waals surface area contributed by atoms with E-state index in [0.717, 1.165) is 5.56 Å². The minimum absolute atomic E-state index is 0.0312. The Kier molecular flexibility index (Phi) is 6.95. The molecular formula is C19H20FNO4. The Morgan fingerprint density at radius 3 is 2.40 bits per heavy atom. The molecule has 0 aliphatic rings. The van der Waals surface area contributed by atoms with Gasteiger partial charge in [-0.3, -0.25) is 9.59 Å². The fourth-order valence-electron chi connectivity index (χ4n) is 2.37. The number of halogens is 1. The second-order valence-electron chi connectivity index (χ2n) is 5.63. The molecule has 0 bridgehead atoms. The summed E-state index contributed by atoms with van der Waals surface area (Å²) in [6.07, 6.45) is 0.833. The van der Waals surface area contributed by atoms with Crippen molar-refractivity contribution < 1.29 is 23.8 Å². The summed E-state index contributed by atoms with van der Waals surface area (Å²) in [6, 6.07) is 14.6. The van der Waals surface area contributed by atoms with Crippen molar-refractivity contribution in [2.24, 2.45) is 0 Å². The van der Waals surface area contributed by atoms with E-state index in [4.69, 9.17) is 9.84 Å². The summed E-state index contributed by atoms with van der Waals surface area (Å²) in [5.74, 6) is -1.25. The van der Waals surface area contributed by atoms with Crippen molar-refractivity contribution in [2.75, 3.05) is 6.61 Å². The number of amides is 1. The zero-order valence-corrected chi connectivity index (χ0v) is 13.7. The standard InChI is InChI=1S/C19H20FNO4/c20-15-6-9-17(10-7-15)25-13-18(22)21-16(8-11-19(23)24)12-14-4-2-1-3-5-14/h1-7,9-10,16H,8,11-13H2,(H,21,22)(H,23,24). The average Bonchev–Trinajstić information content (AvgIpc) is 2.60. The van der Waals surface area contributed by atoms with Gasteiger partial charge in [0.1, 0.15) is 11.6 Å². The van der Waals surface area contributed by atoms with Gasteiger partial charge >= 0.3 is 5.97 Å². The van der Waals surface area contributed by atoms with Crippen molar-refractivity contribution in [1.29, 1.82) is 0 Å². The van der Waals surface area contributed by atoms with E-state index in [1.807, 2.05) is 30.3 Å². The summed E-state index contributed by atoms with van der Waals surface area (Å²) in [5, 5.41) is 11.7. The Morgan fingerprint density at radius 2 is 1.76 bits per heavy atom. The molecule has 0 spiro atoms. The molecule has 0 aromatic heterocycles. The number of carboxylic acid groups (broad SMARTS) is 1. The minimum Gasteiger partial charge on any atom is -0.484 e. The molecule has 0 radical (unpaired) electrons.